The zero-order chi connectivity index (χ0) is 31.1. The quantitative estimate of drug-likeness (QED) is 0.493. The van der Waals surface area contributed by atoms with Crippen LogP contribution in [0.15, 0.2) is 36.4 Å². The molecule has 0 radical (unpaired) electrons. The van der Waals surface area contributed by atoms with Crippen molar-refractivity contribution in [2.45, 2.75) is 76.6 Å². The van der Waals surface area contributed by atoms with Crippen LogP contribution in [0.4, 0.5) is 14.9 Å². The summed E-state index contributed by atoms with van der Waals surface area (Å²) in [5, 5.41) is 12.6. The number of carbonyl (C=O) groups is 3. The first-order valence-electron chi connectivity index (χ1n) is 14.9. The fourth-order valence-electron chi connectivity index (χ4n) is 6.51. The lowest BCUT2D eigenvalue weighted by Gasteiger charge is -2.35. The van der Waals surface area contributed by atoms with Crippen molar-refractivity contribution >= 4 is 23.6 Å². The molecule has 3 amide bonds. The van der Waals surface area contributed by atoms with Crippen LogP contribution >= 0.6 is 0 Å². The van der Waals surface area contributed by atoms with Crippen LogP contribution in [0.2, 0.25) is 0 Å². The van der Waals surface area contributed by atoms with Gasteiger partial charge in [0, 0.05) is 31.2 Å². The Hall–Kier alpha value is -3.97. The van der Waals surface area contributed by atoms with Crippen molar-refractivity contribution in [2.24, 2.45) is 5.92 Å². The lowest BCUT2D eigenvalue weighted by molar-refractivity contribution is -0.128. The van der Waals surface area contributed by atoms with Crippen LogP contribution in [-0.2, 0) is 27.2 Å². The van der Waals surface area contributed by atoms with Crippen LogP contribution in [0.25, 0.3) is 11.1 Å². The number of hydrogen-bond donors (Lipinski definition) is 1. The van der Waals surface area contributed by atoms with Gasteiger partial charge in [0.1, 0.15) is 23.5 Å². The summed E-state index contributed by atoms with van der Waals surface area (Å²) in [6.07, 6.45) is 2.17. The molecule has 9 nitrogen and oxygen atoms in total. The molecular formula is C33H40FN5O4. The van der Waals surface area contributed by atoms with E-state index in [9.17, 15) is 19.6 Å². The molecule has 10 heteroatoms. The van der Waals surface area contributed by atoms with Gasteiger partial charge < -0.3 is 19.9 Å². The summed E-state index contributed by atoms with van der Waals surface area (Å²) in [4.78, 5) is 44.3. The highest BCUT2D eigenvalue weighted by atomic mass is 19.1. The summed E-state index contributed by atoms with van der Waals surface area (Å²) < 4.78 is 20.9. The molecule has 1 aliphatic carbocycles. The van der Waals surface area contributed by atoms with E-state index in [0.717, 1.165) is 42.6 Å². The van der Waals surface area contributed by atoms with Crippen LogP contribution in [0.5, 0.6) is 0 Å². The van der Waals surface area contributed by atoms with E-state index in [-0.39, 0.29) is 24.3 Å². The van der Waals surface area contributed by atoms with Crippen molar-refractivity contribution in [1.82, 2.24) is 15.1 Å². The van der Waals surface area contributed by atoms with E-state index in [2.05, 4.69) is 11.4 Å². The number of nitrogens with one attached hydrogen (secondary N) is 1. The number of likely N-dealkylation sites (N-methyl/N-ethyl adjacent to an activating group) is 1. The number of carbonyl (C=O) groups excluding carboxylic acids is 3. The average molecular weight is 590 g/mol. The number of amides is 3. The topological polar surface area (TPSA) is 106 Å². The standard InChI is InChI=1S/C33H40FN5O4/c1-33(2,3)43-32(42)39-26-10-8-23(16-26)30(39)31(41)36-25(19-35)15-22-7-6-21(17-27(22)34)20-9-11-28-24(14-20)18-29(40)38(28)13-12-37(4)5/h6-7,9,11,14,17,23,25-26,30H,8,10,12-13,15-16,18H2,1-5H3,(H,36,41)/t23?,25-,26+,30-/m0/s1. The molecular weight excluding hydrogens is 549 g/mol. The Bertz CT molecular complexity index is 1460. The van der Waals surface area contributed by atoms with Gasteiger partial charge in [0.05, 0.1) is 12.5 Å². The minimum Gasteiger partial charge on any atom is -0.444 e. The van der Waals surface area contributed by atoms with Gasteiger partial charge in [-0.3, -0.25) is 14.5 Å². The van der Waals surface area contributed by atoms with Crippen molar-refractivity contribution in [3.63, 3.8) is 0 Å². The summed E-state index contributed by atoms with van der Waals surface area (Å²) in [6.45, 7) is 6.72. The second-order valence-corrected chi connectivity index (χ2v) is 13.1. The normalized spacial score (nSPS) is 21.6. The zero-order valence-corrected chi connectivity index (χ0v) is 25.5. The molecule has 2 fully saturated rings. The molecule has 228 valence electrons. The van der Waals surface area contributed by atoms with Gasteiger partial charge in [0.15, 0.2) is 0 Å². The second-order valence-electron chi connectivity index (χ2n) is 13.1. The van der Waals surface area contributed by atoms with Crippen molar-refractivity contribution in [3.8, 4) is 17.2 Å². The molecule has 4 atom stereocenters. The Balaban J connectivity index is 1.26. The number of hydrogen-bond acceptors (Lipinski definition) is 6. The van der Waals surface area contributed by atoms with E-state index in [4.69, 9.17) is 4.74 Å². The van der Waals surface area contributed by atoms with Crippen molar-refractivity contribution in [2.75, 3.05) is 32.1 Å². The molecule has 2 heterocycles. The number of ether oxygens (including phenoxy) is 1. The van der Waals surface area contributed by atoms with Gasteiger partial charge in [-0.25, -0.2) is 9.18 Å². The number of fused-ring (bicyclic) bond motifs is 3. The van der Waals surface area contributed by atoms with Crippen LogP contribution in [0, 0.1) is 23.1 Å². The first-order valence-corrected chi connectivity index (χ1v) is 14.9. The van der Waals surface area contributed by atoms with Gasteiger partial charge >= 0.3 is 6.09 Å². The van der Waals surface area contributed by atoms with Gasteiger partial charge in [0.2, 0.25) is 11.8 Å². The van der Waals surface area contributed by atoms with Crippen LogP contribution in [-0.4, -0.2) is 78.6 Å². The van der Waals surface area contributed by atoms with Gasteiger partial charge in [-0.15, -0.1) is 0 Å². The van der Waals surface area contributed by atoms with Crippen LogP contribution in [0.3, 0.4) is 0 Å². The minimum absolute atomic E-state index is 0.00978. The third-order valence-electron chi connectivity index (χ3n) is 8.52. The second kappa shape index (κ2) is 12.0. The molecule has 2 aromatic rings. The van der Waals surface area contributed by atoms with Crippen molar-refractivity contribution in [3.05, 3.63) is 53.3 Å². The molecule has 1 N–H and O–H groups in total. The molecule has 3 aliphatic rings. The molecule has 0 aromatic heterocycles. The molecule has 43 heavy (non-hydrogen) atoms. The Kier molecular flexibility index (Phi) is 8.48. The maximum absolute atomic E-state index is 15.3. The maximum Gasteiger partial charge on any atom is 0.411 e. The molecule has 1 unspecified atom stereocenters. The van der Waals surface area contributed by atoms with Gasteiger partial charge in [0.25, 0.3) is 0 Å². The average Bonchev–Trinajstić information content (AvgIpc) is 3.63. The Morgan fingerprint density at radius 2 is 1.88 bits per heavy atom. The first kappa shape index (κ1) is 30.5. The number of anilines is 1. The molecule has 0 spiro atoms. The van der Waals surface area contributed by atoms with E-state index >= 15 is 4.39 Å². The summed E-state index contributed by atoms with van der Waals surface area (Å²) in [5.74, 6) is -0.823. The number of rotatable bonds is 8. The van der Waals surface area contributed by atoms with E-state index in [1.54, 1.807) is 37.8 Å². The van der Waals surface area contributed by atoms with E-state index in [1.165, 1.54) is 11.0 Å². The van der Waals surface area contributed by atoms with E-state index in [0.29, 0.717) is 24.1 Å². The number of likely N-dealkylation sites (tertiary alicyclic amines) is 1. The number of nitrogens with zero attached hydrogens (tertiary/aromatic N) is 4. The minimum atomic E-state index is -0.966. The highest BCUT2D eigenvalue weighted by molar-refractivity contribution is 6.02. The third kappa shape index (κ3) is 6.52. The van der Waals surface area contributed by atoms with Crippen molar-refractivity contribution in [1.29, 1.82) is 5.26 Å². The zero-order valence-electron chi connectivity index (χ0n) is 25.5. The fraction of sp³-hybridized carbons (Fsp3) is 0.515. The van der Waals surface area contributed by atoms with Gasteiger partial charge in [-0.1, -0.05) is 18.2 Å². The predicted molar refractivity (Wildman–Crippen MR) is 161 cm³/mol. The largest absolute Gasteiger partial charge is 0.444 e. The predicted octanol–water partition coefficient (Wildman–Crippen LogP) is 4.28. The fourth-order valence-corrected chi connectivity index (χ4v) is 6.51. The smallest absolute Gasteiger partial charge is 0.411 e. The molecule has 2 bridgehead atoms. The Labute approximate surface area is 252 Å². The third-order valence-corrected chi connectivity index (χ3v) is 8.52. The monoisotopic (exact) mass is 589 g/mol. The summed E-state index contributed by atoms with van der Waals surface area (Å²) in [6, 6.07) is 10.9. The Morgan fingerprint density at radius 3 is 2.56 bits per heavy atom. The first-order chi connectivity index (χ1) is 20.3. The molecule has 1 saturated heterocycles. The highest BCUT2D eigenvalue weighted by Crippen LogP contribution is 2.43. The summed E-state index contributed by atoms with van der Waals surface area (Å²) in [7, 11) is 3.93. The summed E-state index contributed by atoms with van der Waals surface area (Å²) >= 11 is 0. The molecule has 1 saturated carbocycles. The highest BCUT2D eigenvalue weighted by Gasteiger charge is 2.52. The number of benzene rings is 2. The maximum atomic E-state index is 15.3. The number of halogens is 1. The summed E-state index contributed by atoms with van der Waals surface area (Å²) in [5.41, 5.74) is 2.88. The van der Waals surface area contributed by atoms with Gasteiger partial charge in [-0.05, 0) is 100 Å². The van der Waals surface area contributed by atoms with Crippen LogP contribution in [0.1, 0.15) is 51.2 Å². The SMILES string of the molecule is CN(C)CCN1C(=O)Cc2cc(-c3ccc(C[C@@H](C#N)NC(=O)[C@@H]4C5CC[C@H](C5)N4C(=O)OC(C)(C)C)c(F)c3)ccc21. The molecule has 2 aromatic carbocycles. The van der Waals surface area contributed by atoms with Gasteiger partial charge in [-0.2, -0.15) is 5.26 Å². The molecule has 2 aliphatic heterocycles. The Morgan fingerprint density at radius 1 is 1.16 bits per heavy atom. The number of nitriles is 1. The van der Waals surface area contributed by atoms with E-state index < -0.39 is 35.5 Å². The van der Waals surface area contributed by atoms with Crippen LogP contribution < -0.4 is 10.2 Å². The van der Waals surface area contributed by atoms with E-state index in [1.807, 2.05) is 37.2 Å². The molecule has 5 rings (SSSR count). The van der Waals surface area contributed by atoms with Crippen molar-refractivity contribution < 1.29 is 23.5 Å². The lowest BCUT2D eigenvalue weighted by Crippen LogP contribution is -2.55. The lowest BCUT2D eigenvalue weighted by atomic mass is 9.96. The number of piperidine rings is 1.